The summed E-state index contributed by atoms with van der Waals surface area (Å²) in [5.41, 5.74) is 5.14. The van der Waals surface area contributed by atoms with Gasteiger partial charge in [0.05, 0.1) is 18.8 Å². The fourth-order valence-electron chi connectivity index (χ4n) is 4.38. The molecule has 1 aliphatic rings. The average molecular weight is 460 g/mol. The molecule has 0 radical (unpaired) electrons. The van der Waals surface area contributed by atoms with Crippen molar-refractivity contribution in [3.05, 3.63) is 75.7 Å². The number of ether oxygens (including phenoxy) is 1. The van der Waals surface area contributed by atoms with Gasteiger partial charge in [0.1, 0.15) is 16.6 Å². The molecule has 2 heterocycles. The topological polar surface area (TPSA) is 73.2 Å². The number of nitrogens with zero attached hydrogens (tertiary/aromatic N) is 2. The number of amides is 1. The number of methoxy groups -OCH3 is 1. The van der Waals surface area contributed by atoms with Crippen molar-refractivity contribution in [2.75, 3.05) is 12.4 Å². The molecule has 168 valence electrons. The quantitative estimate of drug-likeness (QED) is 0.445. The molecule has 33 heavy (non-hydrogen) atoms. The van der Waals surface area contributed by atoms with Crippen molar-refractivity contribution in [2.24, 2.45) is 0 Å². The fourth-order valence-corrected chi connectivity index (χ4v) is 5.29. The summed E-state index contributed by atoms with van der Waals surface area (Å²) in [6, 6.07) is 12.9. The second-order valence-corrected chi connectivity index (χ2v) is 9.23. The van der Waals surface area contributed by atoms with Gasteiger partial charge in [0.15, 0.2) is 0 Å². The maximum Gasteiger partial charge on any atom is 0.263 e. The van der Waals surface area contributed by atoms with Gasteiger partial charge in [-0.2, -0.15) is 0 Å². The van der Waals surface area contributed by atoms with E-state index in [1.54, 1.807) is 38.3 Å². The highest BCUT2D eigenvalue weighted by Crippen LogP contribution is 2.33. The van der Waals surface area contributed by atoms with Crippen molar-refractivity contribution < 1.29 is 9.53 Å². The van der Waals surface area contributed by atoms with E-state index in [0.717, 1.165) is 24.0 Å². The van der Waals surface area contributed by atoms with Gasteiger partial charge in [0.2, 0.25) is 5.91 Å². The molecule has 1 atom stereocenters. The zero-order chi connectivity index (χ0) is 22.9. The number of carbonyl (C=O) groups excluding carboxylic acids is 1. The van der Waals surface area contributed by atoms with E-state index in [4.69, 9.17) is 4.74 Å². The van der Waals surface area contributed by atoms with Gasteiger partial charge in [0, 0.05) is 16.6 Å². The Bertz CT molecular complexity index is 1390. The Morgan fingerprint density at radius 3 is 2.64 bits per heavy atom. The number of nitrogens with one attached hydrogen (secondary N) is 1. The van der Waals surface area contributed by atoms with Crippen LogP contribution in [0.5, 0.6) is 5.75 Å². The van der Waals surface area contributed by atoms with Gasteiger partial charge in [-0.15, -0.1) is 11.3 Å². The summed E-state index contributed by atoms with van der Waals surface area (Å²) in [5, 5.41) is 5.43. The fraction of sp³-hybridized carbons (Fsp3) is 0.269. The third kappa shape index (κ3) is 4.04. The van der Waals surface area contributed by atoms with Crippen LogP contribution < -0.4 is 15.6 Å². The molecule has 0 saturated heterocycles. The first-order chi connectivity index (χ1) is 16.0. The molecule has 5 rings (SSSR count). The van der Waals surface area contributed by atoms with Gasteiger partial charge in [-0.3, -0.25) is 14.2 Å². The lowest BCUT2D eigenvalue weighted by atomic mass is 9.89. The SMILES string of the molecule is COc1ccc(NC(=O)C(C)n2cnc3scc(-c4ccc5c(c4)CCCC5)c3c2=O)cc1. The molecular weight excluding hydrogens is 434 g/mol. The van der Waals surface area contributed by atoms with Gasteiger partial charge >= 0.3 is 0 Å². The number of aryl methyl sites for hydroxylation is 2. The molecule has 0 aliphatic heterocycles. The zero-order valence-corrected chi connectivity index (χ0v) is 19.4. The van der Waals surface area contributed by atoms with Gasteiger partial charge in [0.25, 0.3) is 5.56 Å². The van der Waals surface area contributed by atoms with Crippen LogP contribution in [0.15, 0.2) is 59.0 Å². The van der Waals surface area contributed by atoms with Gasteiger partial charge in [-0.25, -0.2) is 4.98 Å². The molecule has 0 saturated carbocycles. The number of aromatic nitrogens is 2. The molecule has 7 heteroatoms. The minimum Gasteiger partial charge on any atom is -0.497 e. The number of fused-ring (bicyclic) bond motifs is 2. The molecule has 2 aromatic heterocycles. The smallest absolute Gasteiger partial charge is 0.263 e. The summed E-state index contributed by atoms with van der Waals surface area (Å²) in [6.45, 7) is 1.71. The van der Waals surface area contributed by atoms with E-state index >= 15 is 0 Å². The minimum absolute atomic E-state index is 0.202. The van der Waals surface area contributed by atoms with Gasteiger partial charge < -0.3 is 10.1 Å². The average Bonchev–Trinajstić information content (AvgIpc) is 3.29. The Morgan fingerprint density at radius 2 is 1.88 bits per heavy atom. The predicted octanol–water partition coefficient (Wildman–Crippen LogP) is 5.21. The first-order valence-corrected chi connectivity index (χ1v) is 12.0. The van der Waals surface area contributed by atoms with E-state index < -0.39 is 6.04 Å². The molecule has 1 aliphatic carbocycles. The van der Waals surface area contributed by atoms with E-state index in [1.165, 1.54) is 46.2 Å². The van der Waals surface area contributed by atoms with Crippen LogP contribution in [0.4, 0.5) is 5.69 Å². The molecule has 4 aromatic rings. The molecule has 1 unspecified atom stereocenters. The lowest BCUT2D eigenvalue weighted by Crippen LogP contribution is -2.31. The number of benzene rings is 2. The van der Waals surface area contributed by atoms with Crippen molar-refractivity contribution in [3.8, 4) is 16.9 Å². The number of hydrogen-bond acceptors (Lipinski definition) is 5. The monoisotopic (exact) mass is 459 g/mol. The molecular formula is C26H25N3O3S. The largest absolute Gasteiger partial charge is 0.497 e. The zero-order valence-electron chi connectivity index (χ0n) is 18.6. The minimum atomic E-state index is -0.715. The van der Waals surface area contributed by atoms with Crippen molar-refractivity contribution in [1.82, 2.24) is 9.55 Å². The van der Waals surface area contributed by atoms with Crippen LogP contribution in [0.3, 0.4) is 0 Å². The number of rotatable bonds is 5. The standard InChI is InChI=1S/C26H25N3O3S/c1-16(24(30)28-20-9-11-21(32-2)12-10-20)29-15-27-25-23(26(29)31)22(14-33-25)19-8-7-17-5-3-4-6-18(17)13-19/h7-16H,3-6H2,1-2H3,(H,28,30). The lowest BCUT2D eigenvalue weighted by molar-refractivity contribution is -0.118. The van der Waals surface area contributed by atoms with Crippen molar-refractivity contribution in [2.45, 2.75) is 38.6 Å². The van der Waals surface area contributed by atoms with Gasteiger partial charge in [-0.05, 0) is 73.6 Å². The third-order valence-corrected chi connectivity index (χ3v) is 7.22. The maximum absolute atomic E-state index is 13.5. The van der Waals surface area contributed by atoms with Crippen LogP contribution in [0.1, 0.15) is 36.9 Å². The number of hydrogen-bond donors (Lipinski definition) is 1. The van der Waals surface area contributed by atoms with E-state index in [2.05, 4.69) is 28.5 Å². The van der Waals surface area contributed by atoms with Gasteiger partial charge in [-0.1, -0.05) is 18.2 Å². The number of carbonyl (C=O) groups is 1. The predicted molar refractivity (Wildman–Crippen MR) is 132 cm³/mol. The van der Waals surface area contributed by atoms with Crippen LogP contribution in [-0.2, 0) is 17.6 Å². The normalized spacial score (nSPS) is 14.0. The number of thiophene rings is 1. The van der Waals surface area contributed by atoms with Crippen LogP contribution in [-0.4, -0.2) is 22.6 Å². The first-order valence-electron chi connectivity index (χ1n) is 11.1. The molecule has 0 spiro atoms. The highest BCUT2D eigenvalue weighted by molar-refractivity contribution is 7.17. The third-order valence-electron chi connectivity index (χ3n) is 6.33. The van der Waals surface area contributed by atoms with Crippen LogP contribution in [0, 0.1) is 0 Å². The van der Waals surface area contributed by atoms with E-state index in [1.807, 2.05) is 5.38 Å². The molecule has 1 N–H and O–H groups in total. The Morgan fingerprint density at radius 1 is 1.12 bits per heavy atom. The molecule has 0 bridgehead atoms. The first kappa shape index (κ1) is 21.4. The van der Waals surface area contributed by atoms with Crippen molar-refractivity contribution >= 4 is 33.1 Å². The highest BCUT2D eigenvalue weighted by Gasteiger charge is 2.21. The van der Waals surface area contributed by atoms with Crippen LogP contribution in [0.2, 0.25) is 0 Å². The lowest BCUT2D eigenvalue weighted by Gasteiger charge is -2.17. The van der Waals surface area contributed by atoms with Crippen molar-refractivity contribution in [1.29, 1.82) is 0 Å². The van der Waals surface area contributed by atoms with E-state index in [-0.39, 0.29) is 11.5 Å². The van der Waals surface area contributed by atoms with Crippen LogP contribution >= 0.6 is 11.3 Å². The second-order valence-electron chi connectivity index (χ2n) is 8.37. The Hall–Kier alpha value is -3.45. The van der Waals surface area contributed by atoms with Crippen LogP contribution in [0.25, 0.3) is 21.3 Å². The highest BCUT2D eigenvalue weighted by atomic mass is 32.1. The molecule has 0 fully saturated rings. The molecule has 6 nitrogen and oxygen atoms in total. The summed E-state index contributed by atoms with van der Waals surface area (Å²) in [6.07, 6.45) is 6.11. The summed E-state index contributed by atoms with van der Waals surface area (Å²) < 4.78 is 6.57. The summed E-state index contributed by atoms with van der Waals surface area (Å²) >= 11 is 1.46. The summed E-state index contributed by atoms with van der Waals surface area (Å²) in [7, 11) is 1.59. The molecule has 2 aromatic carbocycles. The Labute approximate surface area is 195 Å². The Kier molecular flexibility index (Phi) is 5.72. The summed E-state index contributed by atoms with van der Waals surface area (Å²) in [5.74, 6) is 0.424. The second kappa shape index (κ2) is 8.83. The summed E-state index contributed by atoms with van der Waals surface area (Å²) in [4.78, 5) is 31.6. The van der Waals surface area contributed by atoms with E-state index in [9.17, 15) is 9.59 Å². The Balaban J connectivity index is 1.47. The van der Waals surface area contributed by atoms with E-state index in [0.29, 0.717) is 21.7 Å². The molecule has 1 amide bonds. The van der Waals surface area contributed by atoms with Crippen molar-refractivity contribution in [3.63, 3.8) is 0 Å². The number of anilines is 1. The maximum atomic E-state index is 13.5.